The van der Waals surface area contributed by atoms with E-state index in [-0.39, 0.29) is 11.9 Å². The predicted molar refractivity (Wildman–Crippen MR) is 79.7 cm³/mol. The summed E-state index contributed by atoms with van der Waals surface area (Å²) < 4.78 is 0. The van der Waals surface area contributed by atoms with Gasteiger partial charge in [0.1, 0.15) is 0 Å². The SMILES string of the molecule is Cc1cc(C)c(N2CCCNC(C)CC2=O)c(C)c1. The molecule has 19 heavy (non-hydrogen) atoms. The van der Waals surface area contributed by atoms with Crippen LogP contribution in [0.1, 0.15) is 36.5 Å². The first-order chi connectivity index (χ1) is 8.99. The van der Waals surface area contributed by atoms with E-state index in [1.54, 1.807) is 0 Å². The second-order valence-electron chi connectivity index (χ2n) is 5.71. The molecule has 3 nitrogen and oxygen atoms in total. The molecule has 1 fully saturated rings. The zero-order chi connectivity index (χ0) is 14.0. The van der Waals surface area contributed by atoms with Crippen LogP contribution in [0.15, 0.2) is 12.1 Å². The second kappa shape index (κ2) is 5.74. The van der Waals surface area contributed by atoms with Gasteiger partial charge in [-0.3, -0.25) is 4.79 Å². The Morgan fingerprint density at radius 3 is 2.47 bits per heavy atom. The van der Waals surface area contributed by atoms with Crippen LogP contribution in [0, 0.1) is 20.8 Å². The molecule has 1 aliphatic rings. The van der Waals surface area contributed by atoms with Crippen molar-refractivity contribution < 1.29 is 4.79 Å². The maximum atomic E-state index is 12.5. The summed E-state index contributed by atoms with van der Waals surface area (Å²) in [6.07, 6.45) is 1.58. The van der Waals surface area contributed by atoms with E-state index >= 15 is 0 Å². The number of anilines is 1. The molecule has 1 heterocycles. The monoisotopic (exact) mass is 260 g/mol. The fraction of sp³-hybridized carbons (Fsp3) is 0.562. The Labute approximate surface area is 116 Å². The second-order valence-corrected chi connectivity index (χ2v) is 5.71. The summed E-state index contributed by atoms with van der Waals surface area (Å²) in [6, 6.07) is 4.59. The van der Waals surface area contributed by atoms with Crippen molar-refractivity contribution in [3.8, 4) is 0 Å². The van der Waals surface area contributed by atoms with Crippen molar-refractivity contribution in [3.63, 3.8) is 0 Å². The Morgan fingerprint density at radius 2 is 1.84 bits per heavy atom. The van der Waals surface area contributed by atoms with Gasteiger partial charge < -0.3 is 10.2 Å². The van der Waals surface area contributed by atoms with Gasteiger partial charge in [0, 0.05) is 24.7 Å². The standard InChI is InChI=1S/C16H24N2O/c1-11-8-12(2)16(13(3)9-11)18-7-5-6-17-14(4)10-15(18)19/h8-9,14,17H,5-7,10H2,1-4H3. The van der Waals surface area contributed by atoms with E-state index < -0.39 is 0 Å². The minimum atomic E-state index is 0.231. The van der Waals surface area contributed by atoms with E-state index in [2.05, 4.69) is 45.1 Å². The van der Waals surface area contributed by atoms with Crippen molar-refractivity contribution in [3.05, 3.63) is 28.8 Å². The molecule has 2 rings (SSSR count). The molecule has 0 spiro atoms. The number of aryl methyl sites for hydroxylation is 3. The van der Waals surface area contributed by atoms with Crippen LogP contribution in [0.4, 0.5) is 5.69 Å². The number of carbonyl (C=O) groups is 1. The molecule has 104 valence electrons. The van der Waals surface area contributed by atoms with E-state index in [4.69, 9.17) is 0 Å². The summed E-state index contributed by atoms with van der Waals surface area (Å²) in [5.41, 5.74) is 4.78. The van der Waals surface area contributed by atoms with Crippen LogP contribution in [-0.2, 0) is 4.79 Å². The molecule has 1 aromatic carbocycles. The lowest BCUT2D eigenvalue weighted by Gasteiger charge is -2.30. The van der Waals surface area contributed by atoms with Gasteiger partial charge in [-0.05, 0) is 51.8 Å². The number of benzene rings is 1. The number of carbonyl (C=O) groups excluding carboxylic acids is 1. The van der Waals surface area contributed by atoms with Gasteiger partial charge in [0.15, 0.2) is 0 Å². The van der Waals surface area contributed by atoms with Gasteiger partial charge in [-0.1, -0.05) is 17.7 Å². The molecule has 1 aliphatic heterocycles. The highest BCUT2D eigenvalue weighted by molar-refractivity contribution is 5.95. The molecule has 1 N–H and O–H groups in total. The molecule has 1 amide bonds. The van der Waals surface area contributed by atoms with Crippen molar-refractivity contribution >= 4 is 11.6 Å². The molecule has 0 aromatic heterocycles. The highest BCUT2D eigenvalue weighted by Gasteiger charge is 2.22. The topological polar surface area (TPSA) is 32.3 Å². The number of hydrogen-bond donors (Lipinski definition) is 1. The van der Waals surface area contributed by atoms with E-state index in [9.17, 15) is 4.79 Å². The maximum Gasteiger partial charge on any atom is 0.228 e. The summed E-state index contributed by atoms with van der Waals surface area (Å²) in [6.45, 7) is 10.2. The third-order valence-electron chi connectivity index (χ3n) is 3.74. The zero-order valence-corrected chi connectivity index (χ0v) is 12.4. The molecule has 3 heteroatoms. The first kappa shape index (κ1) is 14.1. The molecule has 0 saturated carbocycles. The lowest BCUT2D eigenvalue weighted by molar-refractivity contribution is -0.119. The van der Waals surface area contributed by atoms with Crippen LogP contribution in [0.25, 0.3) is 0 Å². The minimum absolute atomic E-state index is 0.231. The molecule has 1 aromatic rings. The fourth-order valence-electron chi connectivity index (χ4n) is 2.99. The van der Waals surface area contributed by atoms with Gasteiger partial charge >= 0.3 is 0 Å². The fourth-order valence-corrected chi connectivity index (χ4v) is 2.99. The maximum absolute atomic E-state index is 12.5. The van der Waals surface area contributed by atoms with Crippen LogP contribution >= 0.6 is 0 Å². The minimum Gasteiger partial charge on any atom is -0.314 e. The molecule has 0 radical (unpaired) electrons. The van der Waals surface area contributed by atoms with Crippen LogP contribution in [0.3, 0.4) is 0 Å². The van der Waals surface area contributed by atoms with E-state index in [1.807, 2.05) is 4.90 Å². The number of hydrogen-bond acceptors (Lipinski definition) is 2. The van der Waals surface area contributed by atoms with Crippen LogP contribution in [0.5, 0.6) is 0 Å². The lowest BCUT2D eigenvalue weighted by atomic mass is 10.0. The highest BCUT2D eigenvalue weighted by atomic mass is 16.2. The van der Waals surface area contributed by atoms with E-state index in [0.29, 0.717) is 6.42 Å². The predicted octanol–water partition coefficient (Wildman–Crippen LogP) is 2.72. The Bertz CT molecular complexity index is 459. The molecule has 0 bridgehead atoms. The van der Waals surface area contributed by atoms with Gasteiger partial charge in [0.2, 0.25) is 5.91 Å². The normalized spacial score (nSPS) is 21.2. The molecule has 0 aliphatic carbocycles. The van der Waals surface area contributed by atoms with Gasteiger partial charge in [0.25, 0.3) is 0 Å². The summed E-state index contributed by atoms with van der Waals surface area (Å²) in [4.78, 5) is 14.4. The van der Waals surface area contributed by atoms with Gasteiger partial charge in [-0.15, -0.1) is 0 Å². The number of amides is 1. The van der Waals surface area contributed by atoms with E-state index in [1.165, 1.54) is 16.7 Å². The quantitative estimate of drug-likeness (QED) is 0.842. The third-order valence-corrected chi connectivity index (χ3v) is 3.74. The zero-order valence-electron chi connectivity index (χ0n) is 12.4. The Kier molecular flexibility index (Phi) is 4.25. The Hall–Kier alpha value is -1.35. The van der Waals surface area contributed by atoms with Crippen LogP contribution in [0.2, 0.25) is 0 Å². The largest absolute Gasteiger partial charge is 0.314 e. The average molecular weight is 260 g/mol. The smallest absolute Gasteiger partial charge is 0.228 e. The highest BCUT2D eigenvalue weighted by Crippen LogP contribution is 2.27. The Balaban J connectivity index is 2.35. The molecule has 1 unspecified atom stereocenters. The summed E-state index contributed by atoms with van der Waals surface area (Å²) in [7, 11) is 0. The first-order valence-corrected chi connectivity index (χ1v) is 7.10. The van der Waals surface area contributed by atoms with Crippen LogP contribution in [-0.4, -0.2) is 25.0 Å². The first-order valence-electron chi connectivity index (χ1n) is 7.10. The summed E-state index contributed by atoms with van der Waals surface area (Å²) in [5, 5.41) is 3.38. The van der Waals surface area contributed by atoms with Gasteiger partial charge in [-0.2, -0.15) is 0 Å². The van der Waals surface area contributed by atoms with Crippen molar-refractivity contribution in [2.45, 2.75) is 46.6 Å². The van der Waals surface area contributed by atoms with Crippen molar-refractivity contribution in [1.82, 2.24) is 5.32 Å². The average Bonchev–Trinajstić information content (AvgIpc) is 2.28. The molecular weight excluding hydrogens is 236 g/mol. The van der Waals surface area contributed by atoms with Crippen molar-refractivity contribution in [2.24, 2.45) is 0 Å². The van der Waals surface area contributed by atoms with Crippen molar-refractivity contribution in [1.29, 1.82) is 0 Å². The molecule has 1 saturated heterocycles. The van der Waals surface area contributed by atoms with Gasteiger partial charge in [-0.25, -0.2) is 0 Å². The number of nitrogens with one attached hydrogen (secondary N) is 1. The molecular formula is C16H24N2O. The van der Waals surface area contributed by atoms with E-state index in [0.717, 1.165) is 25.2 Å². The number of rotatable bonds is 1. The summed E-state index contributed by atoms with van der Waals surface area (Å²) >= 11 is 0. The number of nitrogens with zero attached hydrogens (tertiary/aromatic N) is 1. The molecule has 1 atom stereocenters. The lowest BCUT2D eigenvalue weighted by Crippen LogP contribution is -2.42. The Morgan fingerprint density at radius 1 is 1.21 bits per heavy atom. The van der Waals surface area contributed by atoms with Crippen molar-refractivity contribution in [2.75, 3.05) is 18.0 Å². The van der Waals surface area contributed by atoms with Gasteiger partial charge in [0.05, 0.1) is 0 Å². The third kappa shape index (κ3) is 3.16. The van der Waals surface area contributed by atoms with Crippen LogP contribution < -0.4 is 10.2 Å². The summed E-state index contributed by atoms with van der Waals surface area (Å²) in [5.74, 6) is 0.231.